The highest BCUT2D eigenvalue weighted by Crippen LogP contribution is 2.14. The van der Waals surface area contributed by atoms with Gasteiger partial charge in [0.25, 0.3) is 0 Å². The van der Waals surface area contributed by atoms with E-state index in [1.165, 1.54) is 24.5 Å². The van der Waals surface area contributed by atoms with Gasteiger partial charge in [-0.1, -0.05) is 32.1 Å². The van der Waals surface area contributed by atoms with Crippen molar-refractivity contribution in [1.29, 1.82) is 0 Å². The zero-order valence-electron chi connectivity index (χ0n) is 10.2. The van der Waals surface area contributed by atoms with E-state index in [-0.39, 0.29) is 5.78 Å². The van der Waals surface area contributed by atoms with Crippen molar-refractivity contribution >= 4 is 5.78 Å². The molecule has 0 unspecified atom stereocenters. The predicted molar refractivity (Wildman–Crippen MR) is 65.8 cm³/mol. The Balaban J connectivity index is 4.06. The molecule has 84 valence electrons. The molecule has 0 saturated carbocycles. The molecule has 0 bridgehead atoms. The standard InChI is InChI=1S/C14H22O/c1-5-8-14(15)10-9-12(4)11-13(6-2)7-3/h8,11,13H,1,6-7,9-10H2,2-4H3/b12-11+. The van der Waals surface area contributed by atoms with E-state index in [1.54, 1.807) is 0 Å². The lowest BCUT2D eigenvalue weighted by atomic mass is 9.98. The lowest BCUT2D eigenvalue weighted by molar-refractivity contribution is -0.114. The summed E-state index contributed by atoms with van der Waals surface area (Å²) in [5.41, 5.74) is 3.82. The monoisotopic (exact) mass is 206 g/mol. The van der Waals surface area contributed by atoms with Gasteiger partial charge in [-0.2, -0.15) is 0 Å². The summed E-state index contributed by atoms with van der Waals surface area (Å²) in [6, 6.07) is 0. The van der Waals surface area contributed by atoms with Crippen LogP contribution in [0.25, 0.3) is 0 Å². The van der Waals surface area contributed by atoms with Crippen LogP contribution in [0.3, 0.4) is 0 Å². The van der Waals surface area contributed by atoms with Gasteiger partial charge in [0.05, 0.1) is 0 Å². The normalized spacial score (nSPS) is 11.3. The molecular formula is C14H22O. The van der Waals surface area contributed by atoms with Gasteiger partial charge < -0.3 is 0 Å². The molecule has 0 atom stereocenters. The SMILES string of the molecule is C=C=CC(=O)CC/C(C)=C/C(CC)CC. The summed E-state index contributed by atoms with van der Waals surface area (Å²) in [6.45, 7) is 9.88. The van der Waals surface area contributed by atoms with Crippen LogP contribution in [0.1, 0.15) is 46.5 Å². The molecule has 0 radical (unpaired) electrons. The maximum atomic E-state index is 11.2. The fourth-order valence-corrected chi connectivity index (χ4v) is 1.52. The Kier molecular flexibility index (Phi) is 7.67. The first-order valence-corrected chi connectivity index (χ1v) is 5.69. The summed E-state index contributed by atoms with van der Waals surface area (Å²) >= 11 is 0. The number of ketones is 1. The molecule has 0 aliphatic carbocycles. The van der Waals surface area contributed by atoms with Gasteiger partial charge in [0.2, 0.25) is 0 Å². The number of hydrogen-bond donors (Lipinski definition) is 0. The van der Waals surface area contributed by atoms with Crippen molar-refractivity contribution in [1.82, 2.24) is 0 Å². The molecule has 0 spiro atoms. The quantitative estimate of drug-likeness (QED) is 0.349. The molecule has 0 aromatic rings. The third-order valence-electron chi connectivity index (χ3n) is 2.60. The Morgan fingerprint density at radius 2 is 1.93 bits per heavy atom. The summed E-state index contributed by atoms with van der Waals surface area (Å²) in [5.74, 6) is 0.775. The summed E-state index contributed by atoms with van der Waals surface area (Å²) in [5, 5.41) is 0. The summed E-state index contributed by atoms with van der Waals surface area (Å²) in [6.07, 6.45) is 7.50. The first-order chi connectivity index (χ1) is 7.13. The smallest absolute Gasteiger partial charge is 0.163 e. The molecule has 15 heavy (non-hydrogen) atoms. The molecule has 0 fully saturated rings. The van der Waals surface area contributed by atoms with Crippen molar-refractivity contribution in [2.75, 3.05) is 0 Å². The Bertz CT molecular complexity index is 263. The lowest BCUT2D eigenvalue weighted by Gasteiger charge is -2.08. The molecule has 0 rings (SSSR count). The van der Waals surface area contributed by atoms with Crippen molar-refractivity contribution < 1.29 is 4.79 Å². The van der Waals surface area contributed by atoms with Crippen LogP contribution in [0, 0.1) is 5.92 Å². The number of allylic oxidation sites excluding steroid dienone is 3. The minimum Gasteiger partial charge on any atom is -0.294 e. The molecule has 0 N–H and O–H groups in total. The number of carbonyl (C=O) groups excluding carboxylic acids is 1. The first-order valence-electron chi connectivity index (χ1n) is 5.69. The van der Waals surface area contributed by atoms with Gasteiger partial charge in [-0.15, -0.1) is 5.73 Å². The second kappa shape index (κ2) is 8.26. The molecule has 0 amide bonds. The topological polar surface area (TPSA) is 17.1 Å². The van der Waals surface area contributed by atoms with E-state index in [0.29, 0.717) is 12.3 Å². The first kappa shape index (κ1) is 13.9. The molecule has 0 aromatic carbocycles. The average Bonchev–Trinajstić information content (AvgIpc) is 2.23. The maximum absolute atomic E-state index is 11.2. The van der Waals surface area contributed by atoms with Crippen molar-refractivity contribution in [2.24, 2.45) is 5.92 Å². The molecular weight excluding hydrogens is 184 g/mol. The Morgan fingerprint density at radius 3 is 2.40 bits per heavy atom. The average molecular weight is 206 g/mol. The minimum absolute atomic E-state index is 0.113. The predicted octanol–water partition coefficient (Wildman–Crippen LogP) is 4.06. The van der Waals surface area contributed by atoms with Gasteiger partial charge in [0.1, 0.15) is 0 Å². The van der Waals surface area contributed by atoms with Crippen LogP contribution < -0.4 is 0 Å². The van der Waals surface area contributed by atoms with Crippen molar-refractivity contribution in [2.45, 2.75) is 46.5 Å². The van der Waals surface area contributed by atoms with Crippen molar-refractivity contribution in [3.63, 3.8) is 0 Å². The Labute approximate surface area is 93.6 Å². The van der Waals surface area contributed by atoms with E-state index in [4.69, 9.17) is 0 Å². The van der Waals surface area contributed by atoms with Crippen LogP contribution in [0.15, 0.2) is 30.0 Å². The van der Waals surface area contributed by atoms with Gasteiger partial charge in [0, 0.05) is 12.5 Å². The lowest BCUT2D eigenvalue weighted by Crippen LogP contribution is -1.96. The van der Waals surface area contributed by atoms with Gasteiger partial charge in [0.15, 0.2) is 5.78 Å². The molecule has 1 heteroatoms. The molecule has 0 saturated heterocycles. The zero-order chi connectivity index (χ0) is 11.7. The Morgan fingerprint density at radius 1 is 1.33 bits per heavy atom. The molecule has 0 aliphatic heterocycles. The number of hydrogen-bond acceptors (Lipinski definition) is 1. The Hall–Kier alpha value is -1.07. The van der Waals surface area contributed by atoms with Crippen LogP contribution in [-0.4, -0.2) is 5.78 Å². The second-order valence-electron chi connectivity index (χ2n) is 3.90. The highest BCUT2D eigenvalue weighted by molar-refractivity contribution is 5.89. The number of rotatable bonds is 7. The summed E-state index contributed by atoms with van der Waals surface area (Å²) < 4.78 is 0. The van der Waals surface area contributed by atoms with Crippen LogP contribution in [-0.2, 0) is 4.79 Å². The molecule has 0 heterocycles. The zero-order valence-corrected chi connectivity index (χ0v) is 10.2. The number of carbonyl (C=O) groups is 1. The van der Waals surface area contributed by atoms with Gasteiger partial charge in [-0.25, -0.2) is 0 Å². The van der Waals surface area contributed by atoms with Crippen molar-refractivity contribution in [3.05, 3.63) is 30.0 Å². The largest absolute Gasteiger partial charge is 0.294 e. The third-order valence-corrected chi connectivity index (χ3v) is 2.60. The fourth-order valence-electron chi connectivity index (χ4n) is 1.52. The summed E-state index contributed by atoms with van der Waals surface area (Å²) in [7, 11) is 0. The second-order valence-corrected chi connectivity index (χ2v) is 3.90. The fraction of sp³-hybridized carbons (Fsp3) is 0.571. The molecule has 0 aliphatic rings. The van der Waals surface area contributed by atoms with Crippen LogP contribution >= 0.6 is 0 Å². The van der Waals surface area contributed by atoms with E-state index in [1.807, 2.05) is 0 Å². The molecule has 1 nitrogen and oxygen atoms in total. The molecule has 0 aromatic heterocycles. The minimum atomic E-state index is 0.113. The van der Waals surface area contributed by atoms with Crippen LogP contribution in [0.4, 0.5) is 0 Å². The third kappa shape index (κ3) is 6.93. The van der Waals surface area contributed by atoms with E-state index in [9.17, 15) is 4.79 Å². The van der Waals surface area contributed by atoms with E-state index >= 15 is 0 Å². The van der Waals surface area contributed by atoms with Gasteiger partial charge >= 0.3 is 0 Å². The van der Waals surface area contributed by atoms with E-state index in [2.05, 4.69) is 39.2 Å². The summed E-state index contributed by atoms with van der Waals surface area (Å²) in [4.78, 5) is 11.2. The van der Waals surface area contributed by atoms with Crippen LogP contribution in [0.5, 0.6) is 0 Å². The van der Waals surface area contributed by atoms with Crippen LogP contribution in [0.2, 0.25) is 0 Å². The van der Waals surface area contributed by atoms with Crippen molar-refractivity contribution in [3.8, 4) is 0 Å². The maximum Gasteiger partial charge on any atom is 0.163 e. The van der Waals surface area contributed by atoms with Gasteiger partial charge in [-0.3, -0.25) is 4.79 Å². The highest BCUT2D eigenvalue weighted by atomic mass is 16.1. The van der Waals surface area contributed by atoms with Gasteiger partial charge in [-0.05, 0) is 32.1 Å². The highest BCUT2D eigenvalue weighted by Gasteiger charge is 2.01. The van der Waals surface area contributed by atoms with E-state index in [0.717, 1.165) is 6.42 Å². The van der Waals surface area contributed by atoms with E-state index < -0.39 is 0 Å².